The van der Waals surface area contributed by atoms with E-state index in [1.54, 1.807) is 30.1 Å². The first kappa shape index (κ1) is 19.6. The molecule has 2 N–H and O–H groups in total. The lowest BCUT2D eigenvalue weighted by molar-refractivity contribution is -0.108. The van der Waals surface area contributed by atoms with Gasteiger partial charge in [-0.3, -0.25) is 0 Å². The second-order valence-corrected chi connectivity index (χ2v) is 6.20. The summed E-state index contributed by atoms with van der Waals surface area (Å²) in [5.74, 6) is 0.996. The number of rotatable bonds is 10. The molecule has 0 aliphatic carbocycles. The van der Waals surface area contributed by atoms with Crippen molar-refractivity contribution in [1.82, 2.24) is 9.55 Å². The SMILES string of the molecule is COCCOc1cc2c(cc1OCCC=O)ncn2C1CC(O)C(CO)O1. The van der Waals surface area contributed by atoms with Crippen molar-refractivity contribution in [2.24, 2.45) is 0 Å². The smallest absolute Gasteiger partial charge is 0.163 e. The van der Waals surface area contributed by atoms with Crippen molar-refractivity contribution >= 4 is 17.3 Å². The van der Waals surface area contributed by atoms with Crippen molar-refractivity contribution < 1.29 is 34.0 Å². The fraction of sp³-hybridized carbons (Fsp3) is 0.556. The van der Waals surface area contributed by atoms with Crippen LogP contribution in [-0.2, 0) is 14.3 Å². The summed E-state index contributed by atoms with van der Waals surface area (Å²) in [6.45, 7) is 0.753. The molecule has 9 nitrogen and oxygen atoms in total. The number of nitrogens with zero attached hydrogens (tertiary/aromatic N) is 2. The number of aldehydes is 1. The number of ether oxygens (including phenoxy) is 4. The van der Waals surface area contributed by atoms with Crippen LogP contribution < -0.4 is 9.47 Å². The van der Waals surface area contributed by atoms with Gasteiger partial charge in [0.25, 0.3) is 0 Å². The monoisotopic (exact) mass is 380 g/mol. The maximum Gasteiger partial charge on any atom is 0.163 e. The van der Waals surface area contributed by atoms with Crippen LogP contribution in [-0.4, -0.2) is 71.8 Å². The van der Waals surface area contributed by atoms with Crippen molar-refractivity contribution in [3.8, 4) is 11.5 Å². The van der Waals surface area contributed by atoms with Crippen LogP contribution in [0.2, 0.25) is 0 Å². The van der Waals surface area contributed by atoms with Crippen LogP contribution in [0.25, 0.3) is 11.0 Å². The van der Waals surface area contributed by atoms with Crippen LogP contribution in [0.3, 0.4) is 0 Å². The molecule has 9 heteroatoms. The van der Waals surface area contributed by atoms with E-state index in [1.807, 2.05) is 0 Å². The minimum atomic E-state index is -0.735. The Morgan fingerprint density at radius 2 is 2.07 bits per heavy atom. The molecule has 3 unspecified atom stereocenters. The van der Waals surface area contributed by atoms with E-state index in [0.29, 0.717) is 36.7 Å². The standard InChI is InChI=1S/C18H24N2O7/c1-24-5-6-26-16-8-13-12(7-15(16)25-4-2-3-21)19-11-20(13)18-9-14(23)17(10-22)27-18/h3,7-8,11,14,17-18,22-23H,2,4-6,9-10H2,1H3. The number of imidazole rings is 1. The van der Waals surface area contributed by atoms with Gasteiger partial charge in [-0.2, -0.15) is 0 Å². The Labute approximate surface area is 156 Å². The third-order valence-electron chi connectivity index (χ3n) is 4.37. The second kappa shape index (κ2) is 9.14. The number of aromatic nitrogens is 2. The molecular formula is C18H24N2O7. The molecule has 1 saturated heterocycles. The van der Waals surface area contributed by atoms with Gasteiger partial charge in [-0.05, 0) is 0 Å². The van der Waals surface area contributed by atoms with E-state index in [0.717, 1.165) is 11.8 Å². The first-order chi connectivity index (χ1) is 13.2. The zero-order valence-corrected chi connectivity index (χ0v) is 15.1. The first-order valence-electron chi connectivity index (χ1n) is 8.81. The first-order valence-corrected chi connectivity index (χ1v) is 8.81. The molecule has 1 aromatic heterocycles. The normalized spacial score (nSPS) is 22.3. The molecule has 1 fully saturated rings. The van der Waals surface area contributed by atoms with Gasteiger partial charge in [-0.1, -0.05) is 0 Å². The molecule has 3 rings (SSSR count). The number of hydrogen-bond acceptors (Lipinski definition) is 8. The maximum atomic E-state index is 10.5. The van der Waals surface area contributed by atoms with E-state index in [9.17, 15) is 15.0 Å². The van der Waals surface area contributed by atoms with Crippen molar-refractivity contribution in [3.05, 3.63) is 18.5 Å². The van der Waals surface area contributed by atoms with Gasteiger partial charge in [0.15, 0.2) is 11.5 Å². The molecule has 2 aromatic rings. The second-order valence-electron chi connectivity index (χ2n) is 6.20. The molecule has 0 amide bonds. The lowest BCUT2D eigenvalue weighted by Gasteiger charge is -2.16. The Balaban J connectivity index is 1.89. The van der Waals surface area contributed by atoms with Crippen LogP contribution in [0.4, 0.5) is 0 Å². The highest BCUT2D eigenvalue weighted by molar-refractivity contribution is 5.80. The quantitative estimate of drug-likeness (QED) is 0.457. The zero-order valence-electron chi connectivity index (χ0n) is 15.1. The molecule has 0 saturated carbocycles. The molecule has 0 spiro atoms. The highest BCUT2D eigenvalue weighted by Gasteiger charge is 2.35. The van der Waals surface area contributed by atoms with Crippen LogP contribution in [0.15, 0.2) is 18.5 Å². The number of hydrogen-bond donors (Lipinski definition) is 2. The van der Waals surface area contributed by atoms with Gasteiger partial charge >= 0.3 is 0 Å². The van der Waals surface area contributed by atoms with Crippen molar-refractivity contribution in [2.75, 3.05) is 33.5 Å². The van der Waals surface area contributed by atoms with Gasteiger partial charge < -0.3 is 38.5 Å². The largest absolute Gasteiger partial charge is 0.489 e. The Morgan fingerprint density at radius 3 is 2.78 bits per heavy atom. The van der Waals surface area contributed by atoms with E-state index < -0.39 is 18.4 Å². The molecule has 1 aliphatic heterocycles. The lowest BCUT2D eigenvalue weighted by Crippen LogP contribution is -2.24. The third kappa shape index (κ3) is 4.38. The number of aliphatic hydroxyl groups is 2. The Kier molecular flexibility index (Phi) is 6.62. The van der Waals surface area contributed by atoms with Crippen LogP contribution in [0.5, 0.6) is 11.5 Å². The van der Waals surface area contributed by atoms with Gasteiger partial charge in [0.1, 0.15) is 25.2 Å². The number of fused-ring (bicyclic) bond motifs is 1. The average molecular weight is 380 g/mol. The van der Waals surface area contributed by atoms with Gasteiger partial charge in [-0.25, -0.2) is 4.98 Å². The highest BCUT2D eigenvalue weighted by Crippen LogP contribution is 2.36. The van der Waals surface area contributed by atoms with Gasteiger partial charge in [0.2, 0.25) is 0 Å². The fourth-order valence-electron chi connectivity index (χ4n) is 2.99. The van der Waals surface area contributed by atoms with E-state index in [4.69, 9.17) is 18.9 Å². The minimum Gasteiger partial charge on any atom is -0.489 e. The molecule has 0 bridgehead atoms. The average Bonchev–Trinajstić information content (AvgIpc) is 3.24. The minimum absolute atomic E-state index is 0.243. The molecule has 0 radical (unpaired) electrons. The topological polar surface area (TPSA) is 112 Å². The Morgan fingerprint density at radius 1 is 1.30 bits per heavy atom. The van der Waals surface area contributed by atoms with E-state index in [1.165, 1.54) is 0 Å². The van der Waals surface area contributed by atoms with Crippen LogP contribution >= 0.6 is 0 Å². The summed E-state index contributed by atoms with van der Waals surface area (Å²) in [5, 5.41) is 19.3. The summed E-state index contributed by atoms with van der Waals surface area (Å²) >= 11 is 0. The third-order valence-corrected chi connectivity index (χ3v) is 4.37. The number of methoxy groups -OCH3 is 1. The highest BCUT2D eigenvalue weighted by atomic mass is 16.5. The number of benzene rings is 1. The lowest BCUT2D eigenvalue weighted by atomic mass is 10.2. The van der Waals surface area contributed by atoms with Crippen molar-refractivity contribution in [1.29, 1.82) is 0 Å². The molecule has 1 aliphatic rings. The number of aliphatic hydroxyl groups excluding tert-OH is 2. The van der Waals surface area contributed by atoms with Crippen LogP contribution in [0.1, 0.15) is 19.1 Å². The van der Waals surface area contributed by atoms with Crippen molar-refractivity contribution in [2.45, 2.75) is 31.3 Å². The molecule has 1 aromatic carbocycles. The van der Waals surface area contributed by atoms with E-state index in [2.05, 4.69) is 4.98 Å². The maximum absolute atomic E-state index is 10.5. The summed E-state index contributed by atoms with van der Waals surface area (Å²) < 4.78 is 23.9. The van der Waals surface area contributed by atoms with Gasteiger partial charge in [0, 0.05) is 32.1 Å². The number of carbonyl (C=O) groups is 1. The summed E-state index contributed by atoms with van der Waals surface area (Å²) in [4.78, 5) is 14.9. The van der Waals surface area contributed by atoms with Crippen LogP contribution in [0, 0.1) is 0 Å². The zero-order chi connectivity index (χ0) is 19.2. The summed E-state index contributed by atoms with van der Waals surface area (Å²) in [7, 11) is 1.59. The molecule has 27 heavy (non-hydrogen) atoms. The predicted octanol–water partition coefficient (Wildman–Crippen LogP) is 0.670. The molecule has 148 valence electrons. The Bertz CT molecular complexity index is 763. The molecular weight excluding hydrogens is 356 g/mol. The van der Waals surface area contributed by atoms with E-state index in [-0.39, 0.29) is 19.6 Å². The fourth-order valence-corrected chi connectivity index (χ4v) is 2.99. The summed E-state index contributed by atoms with van der Waals surface area (Å²) in [6.07, 6.45) is 1.26. The van der Waals surface area contributed by atoms with E-state index >= 15 is 0 Å². The summed E-state index contributed by atoms with van der Waals surface area (Å²) in [5.41, 5.74) is 1.42. The predicted molar refractivity (Wildman–Crippen MR) is 94.9 cm³/mol. The molecule has 3 atom stereocenters. The van der Waals surface area contributed by atoms with Gasteiger partial charge in [-0.15, -0.1) is 0 Å². The van der Waals surface area contributed by atoms with Gasteiger partial charge in [0.05, 0.1) is 43.3 Å². The molecule has 2 heterocycles. The summed E-state index contributed by atoms with van der Waals surface area (Å²) in [6, 6.07) is 3.53. The number of carbonyl (C=O) groups excluding carboxylic acids is 1. The Hall–Kier alpha value is -2.20. The van der Waals surface area contributed by atoms with Crippen molar-refractivity contribution in [3.63, 3.8) is 0 Å².